The van der Waals surface area contributed by atoms with E-state index in [1.165, 1.54) is 0 Å². The fourth-order valence-electron chi connectivity index (χ4n) is 2.85. The highest BCUT2D eigenvalue weighted by Crippen LogP contribution is 2.19. The maximum atomic E-state index is 14.1. The van der Waals surface area contributed by atoms with Crippen LogP contribution in [0.4, 0.5) is 10.1 Å². The number of hydrogen-bond donors (Lipinski definition) is 1. The number of benzene rings is 1. The predicted molar refractivity (Wildman–Crippen MR) is 113 cm³/mol. The Hall–Kier alpha value is -1.09. The van der Waals surface area contributed by atoms with Gasteiger partial charge in [-0.1, -0.05) is 6.07 Å². The first kappa shape index (κ1) is 22.0. The molecular formula is C18H30FIN4O. The first-order chi connectivity index (χ1) is 11.5. The van der Waals surface area contributed by atoms with Crippen molar-refractivity contribution in [1.82, 2.24) is 10.2 Å². The van der Waals surface area contributed by atoms with Gasteiger partial charge in [-0.2, -0.15) is 0 Å². The van der Waals surface area contributed by atoms with Crippen molar-refractivity contribution in [3.8, 4) is 0 Å². The van der Waals surface area contributed by atoms with E-state index in [-0.39, 0.29) is 29.8 Å². The molecule has 25 heavy (non-hydrogen) atoms. The number of guanidine groups is 1. The number of aliphatic imine (C=N–C) groups is 1. The minimum Gasteiger partial charge on any atom is -0.381 e. The molecule has 1 atom stereocenters. The normalized spacial score (nSPS) is 17.2. The summed E-state index contributed by atoms with van der Waals surface area (Å²) in [5.41, 5.74) is 1.46. The van der Waals surface area contributed by atoms with Crippen LogP contribution in [0.3, 0.4) is 0 Å². The van der Waals surface area contributed by atoms with Crippen molar-refractivity contribution in [1.29, 1.82) is 0 Å². The third-order valence-corrected chi connectivity index (χ3v) is 4.16. The summed E-state index contributed by atoms with van der Waals surface area (Å²) in [6.07, 6.45) is 1.10. The van der Waals surface area contributed by atoms with E-state index >= 15 is 0 Å². The molecule has 2 rings (SSSR count). The van der Waals surface area contributed by atoms with Crippen LogP contribution in [0.1, 0.15) is 18.9 Å². The van der Waals surface area contributed by atoms with Gasteiger partial charge in [-0.05, 0) is 31.0 Å². The molecule has 0 radical (unpaired) electrons. The lowest BCUT2D eigenvalue weighted by Crippen LogP contribution is -2.41. The number of rotatable bonds is 6. The van der Waals surface area contributed by atoms with E-state index in [0.717, 1.165) is 44.2 Å². The first-order valence-corrected chi connectivity index (χ1v) is 8.54. The second kappa shape index (κ2) is 10.8. The van der Waals surface area contributed by atoms with Gasteiger partial charge in [0.1, 0.15) is 5.82 Å². The molecule has 1 N–H and O–H groups in total. The van der Waals surface area contributed by atoms with Gasteiger partial charge in [0.25, 0.3) is 0 Å². The summed E-state index contributed by atoms with van der Waals surface area (Å²) in [5, 5.41) is 3.30. The highest BCUT2D eigenvalue weighted by molar-refractivity contribution is 14.0. The maximum Gasteiger partial charge on any atom is 0.193 e. The zero-order chi connectivity index (χ0) is 17.5. The van der Waals surface area contributed by atoms with Crippen molar-refractivity contribution in [3.05, 3.63) is 29.6 Å². The number of halogens is 2. The van der Waals surface area contributed by atoms with Crippen molar-refractivity contribution in [2.75, 3.05) is 52.3 Å². The smallest absolute Gasteiger partial charge is 0.193 e. The van der Waals surface area contributed by atoms with Gasteiger partial charge in [0.2, 0.25) is 0 Å². The molecule has 7 heteroatoms. The fourth-order valence-corrected chi connectivity index (χ4v) is 2.85. The Morgan fingerprint density at radius 3 is 2.68 bits per heavy atom. The lowest BCUT2D eigenvalue weighted by atomic mass is 10.1. The molecule has 5 nitrogen and oxygen atoms in total. The van der Waals surface area contributed by atoms with Crippen LogP contribution >= 0.6 is 24.0 Å². The molecule has 1 saturated heterocycles. The van der Waals surface area contributed by atoms with E-state index in [2.05, 4.69) is 15.2 Å². The average molecular weight is 464 g/mol. The largest absolute Gasteiger partial charge is 0.381 e. The van der Waals surface area contributed by atoms with Crippen LogP contribution in [0, 0.1) is 11.7 Å². The Morgan fingerprint density at radius 2 is 2.12 bits per heavy atom. The van der Waals surface area contributed by atoms with Gasteiger partial charge >= 0.3 is 0 Å². The summed E-state index contributed by atoms with van der Waals surface area (Å²) in [7, 11) is 5.71. The van der Waals surface area contributed by atoms with E-state index < -0.39 is 0 Å². The molecule has 1 fully saturated rings. The lowest BCUT2D eigenvalue weighted by Gasteiger charge is -2.24. The third kappa shape index (κ3) is 6.62. The molecule has 1 aromatic carbocycles. The van der Waals surface area contributed by atoms with Crippen LogP contribution in [0.25, 0.3) is 0 Å². The van der Waals surface area contributed by atoms with Gasteiger partial charge in [-0.25, -0.2) is 9.38 Å². The van der Waals surface area contributed by atoms with Gasteiger partial charge in [-0.15, -0.1) is 24.0 Å². The predicted octanol–water partition coefficient (Wildman–Crippen LogP) is 2.94. The quantitative estimate of drug-likeness (QED) is 0.400. The van der Waals surface area contributed by atoms with Gasteiger partial charge in [0.05, 0.1) is 18.8 Å². The molecule has 142 valence electrons. The Kier molecular flexibility index (Phi) is 9.48. The molecule has 1 aromatic rings. The van der Waals surface area contributed by atoms with E-state index in [9.17, 15) is 4.39 Å². The molecule has 0 bridgehead atoms. The average Bonchev–Trinajstić information content (AvgIpc) is 3.03. The lowest BCUT2D eigenvalue weighted by molar-refractivity contribution is 0.181. The molecule has 0 aliphatic carbocycles. The fraction of sp³-hybridized carbons (Fsp3) is 0.611. The highest BCUT2D eigenvalue weighted by Gasteiger charge is 2.19. The van der Waals surface area contributed by atoms with Gasteiger partial charge in [-0.3, -0.25) is 0 Å². The zero-order valence-electron chi connectivity index (χ0n) is 15.6. The number of hydrogen-bond acceptors (Lipinski definition) is 3. The second-order valence-corrected chi connectivity index (χ2v) is 6.46. The van der Waals surface area contributed by atoms with E-state index in [1.807, 2.05) is 34.1 Å². The number of nitrogens with one attached hydrogen (secondary N) is 1. The highest BCUT2D eigenvalue weighted by atomic mass is 127. The standard InChI is InChI=1S/C18H29FN4O.HI/c1-5-20-18(23(4)12-15-8-9-24-13-15)21-11-14-6-7-17(22(2)3)16(19)10-14;/h6-7,10,15H,5,8-9,11-13H2,1-4H3,(H,20,21);1H. The molecule has 1 unspecified atom stereocenters. The first-order valence-electron chi connectivity index (χ1n) is 8.54. The topological polar surface area (TPSA) is 40.1 Å². The molecule has 0 amide bonds. The SMILES string of the molecule is CCNC(=NCc1ccc(N(C)C)c(F)c1)N(C)CC1CCOC1.I. The maximum absolute atomic E-state index is 14.1. The molecule has 1 aliphatic heterocycles. The molecule has 1 heterocycles. The van der Waals surface area contributed by atoms with Crippen molar-refractivity contribution >= 4 is 35.6 Å². The summed E-state index contributed by atoms with van der Waals surface area (Å²) < 4.78 is 19.5. The van der Waals surface area contributed by atoms with Crippen LogP contribution in [-0.4, -0.2) is 58.3 Å². The van der Waals surface area contributed by atoms with Gasteiger partial charge in [0, 0.05) is 46.8 Å². The van der Waals surface area contributed by atoms with Crippen LogP contribution < -0.4 is 10.2 Å². The monoisotopic (exact) mass is 464 g/mol. The number of ether oxygens (including phenoxy) is 1. The molecule has 1 aliphatic rings. The summed E-state index contributed by atoms with van der Waals surface area (Å²) in [4.78, 5) is 8.55. The Bertz CT molecular complexity index is 562. The molecular weight excluding hydrogens is 434 g/mol. The second-order valence-electron chi connectivity index (χ2n) is 6.46. The summed E-state index contributed by atoms with van der Waals surface area (Å²) in [5.74, 6) is 1.19. The zero-order valence-corrected chi connectivity index (χ0v) is 17.9. The summed E-state index contributed by atoms with van der Waals surface area (Å²) in [6, 6.07) is 5.29. The minimum absolute atomic E-state index is 0. The number of nitrogens with zero attached hydrogens (tertiary/aromatic N) is 3. The van der Waals surface area contributed by atoms with Gasteiger partial charge in [0.15, 0.2) is 5.96 Å². The van der Waals surface area contributed by atoms with Crippen molar-refractivity contribution < 1.29 is 9.13 Å². The number of anilines is 1. The third-order valence-electron chi connectivity index (χ3n) is 4.16. The van der Waals surface area contributed by atoms with E-state index in [1.54, 1.807) is 17.0 Å². The van der Waals surface area contributed by atoms with Crippen molar-refractivity contribution in [3.63, 3.8) is 0 Å². The van der Waals surface area contributed by atoms with Crippen molar-refractivity contribution in [2.24, 2.45) is 10.9 Å². The molecule has 0 spiro atoms. The van der Waals surface area contributed by atoms with Crippen LogP contribution in [-0.2, 0) is 11.3 Å². The molecule has 0 saturated carbocycles. The van der Waals surface area contributed by atoms with Crippen LogP contribution in [0.5, 0.6) is 0 Å². The summed E-state index contributed by atoms with van der Waals surface area (Å²) in [6.45, 7) is 5.90. The minimum atomic E-state index is -0.214. The Balaban J connectivity index is 0.00000312. The van der Waals surface area contributed by atoms with E-state index in [4.69, 9.17) is 4.74 Å². The van der Waals surface area contributed by atoms with Crippen molar-refractivity contribution in [2.45, 2.75) is 19.9 Å². The Labute approximate surface area is 167 Å². The van der Waals surface area contributed by atoms with E-state index in [0.29, 0.717) is 18.2 Å². The van der Waals surface area contributed by atoms with Crippen LogP contribution in [0.2, 0.25) is 0 Å². The van der Waals surface area contributed by atoms with Crippen LogP contribution in [0.15, 0.2) is 23.2 Å². The van der Waals surface area contributed by atoms with Gasteiger partial charge < -0.3 is 19.9 Å². The molecule has 0 aromatic heterocycles. The summed E-state index contributed by atoms with van der Waals surface area (Å²) >= 11 is 0. The Morgan fingerprint density at radius 1 is 1.36 bits per heavy atom.